The van der Waals surface area contributed by atoms with Gasteiger partial charge in [0.25, 0.3) is 5.91 Å². The molecule has 1 N–H and O–H groups in total. The number of thiazole rings is 1. The highest BCUT2D eigenvalue weighted by molar-refractivity contribution is 7.14. The molecule has 0 aliphatic carbocycles. The molecular weight excluding hydrogens is 379 g/mol. The van der Waals surface area contributed by atoms with Gasteiger partial charge in [-0.05, 0) is 54.6 Å². The Bertz CT molecular complexity index is 939. The first kappa shape index (κ1) is 19.7. The number of rotatable bonds is 8. The van der Waals surface area contributed by atoms with E-state index in [1.807, 2.05) is 5.38 Å². The summed E-state index contributed by atoms with van der Waals surface area (Å²) in [5.74, 6) is 0.0206. The lowest BCUT2D eigenvalue weighted by Crippen LogP contribution is -2.23. The van der Waals surface area contributed by atoms with Crippen LogP contribution in [0.2, 0.25) is 0 Å². The average molecular weight is 398 g/mol. The minimum Gasteiger partial charge on any atom is -0.494 e. The number of aromatic nitrogens is 1. The molecule has 0 radical (unpaired) electrons. The van der Waals surface area contributed by atoms with Crippen molar-refractivity contribution in [2.75, 3.05) is 18.1 Å². The van der Waals surface area contributed by atoms with Crippen molar-refractivity contribution in [3.63, 3.8) is 0 Å². The molecule has 0 atom stereocenters. The SMILES string of the molecule is C=CC(=O)N(c1ccc(OCCCO)cc1)c1nc(-c2ccc(F)cc2)cs1. The van der Waals surface area contributed by atoms with Crippen LogP contribution in [0.3, 0.4) is 0 Å². The van der Waals surface area contributed by atoms with Crippen LogP contribution in [0.5, 0.6) is 5.75 Å². The number of aliphatic hydroxyl groups is 1. The van der Waals surface area contributed by atoms with Crippen molar-refractivity contribution < 1.29 is 19.0 Å². The summed E-state index contributed by atoms with van der Waals surface area (Å²) in [6.07, 6.45) is 1.78. The second kappa shape index (κ2) is 9.25. The van der Waals surface area contributed by atoms with Crippen molar-refractivity contribution in [1.82, 2.24) is 4.98 Å². The lowest BCUT2D eigenvalue weighted by molar-refractivity contribution is -0.113. The van der Waals surface area contributed by atoms with Crippen molar-refractivity contribution in [1.29, 1.82) is 0 Å². The van der Waals surface area contributed by atoms with Crippen LogP contribution in [0, 0.1) is 5.82 Å². The highest BCUT2D eigenvalue weighted by Gasteiger charge is 2.19. The number of carbonyl (C=O) groups is 1. The Morgan fingerprint density at radius 3 is 2.57 bits per heavy atom. The third-order valence-electron chi connectivity index (χ3n) is 3.88. The van der Waals surface area contributed by atoms with Crippen molar-refractivity contribution in [2.24, 2.45) is 0 Å². The van der Waals surface area contributed by atoms with E-state index in [9.17, 15) is 9.18 Å². The number of nitrogens with zero attached hydrogens (tertiary/aromatic N) is 2. The Hall–Kier alpha value is -3.03. The first-order valence-corrected chi connectivity index (χ1v) is 9.52. The van der Waals surface area contributed by atoms with E-state index in [1.54, 1.807) is 36.4 Å². The molecule has 0 fully saturated rings. The summed E-state index contributed by atoms with van der Waals surface area (Å²) < 4.78 is 18.7. The van der Waals surface area contributed by atoms with Gasteiger partial charge in [-0.2, -0.15) is 0 Å². The number of ether oxygens (including phenoxy) is 1. The van der Waals surface area contributed by atoms with Crippen LogP contribution in [-0.2, 0) is 4.79 Å². The third kappa shape index (κ3) is 4.62. The first-order chi connectivity index (χ1) is 13.6. The Morgan fingerprint density at radius 2 is 1.93 bits per heavy atom. The van der Waals surface area contributed by atoms with Gasteiger partial charge in [0.15, 0.2) is 5.13 Å². The van der Waals surface area contributed by atoms with Gasteiger partial charge >= 0.3 is 0 Å². The molecule has 0 aliphatic heterocycles. The molecule has 1 heterocycles. The zero-order chi connectivity index (χ0) is 19.9. The zero-order valence-electron chi connectivity index (χ0n) is 15.0. The monoisotopic (exact) mass is 398 g/mol. The molecule has 0 unspecified atom stereocenters. The van der Waals surface area contributed by atoms with Gasteiger partial charge in [-0.25, -0.2) is 9.37 Å². The predicted octanol–water partition coefficient (Wildman–Crippen LogP) is 4.56. The van der Waals surface area contributed by atoms with E-state index < -0.39 is 0 Å². The molecule has 0 bridgehead atoms. The van der Waals surface area contributed by atoms with Crippen molar-refractivity contribution in [3.05, 3.63) is 72.4 Å². The molecule has 3 rings (SSSR count). The Labute approximate surface area is 166 Å². The maximum Gasteiger partial charge on any atom is 0.256 e. The number of halogens is 1. The molecule has 0 saturated carbocycles. The predicted molar refractivity (Wildman–Crippen MR) is 108 cm³/mol. The quantitative estimate of drug-likeness (QED) is 0.446. The van der Waals surface area contributed by atoms with Gasteiger partial charge in [-0.1, -0.05) is 6.58 Å². The number of anilines is 2. The van der Waals surface area contributed by atoms with Crippen LogP contribution >= 0.6 is 11.3 Å². The maximum absolute atomic E-state index is 13.1. The molecule has 7 heteroatoms. The molecule has 1 amide bonds. The Morgan fingerprint density at radius 1 is 1.21 bits per heavy atom. The van der Waals surface area contributed by atoms with E-state index in [2.05, 4.69) is 11.6 Å². The molecule has 0 aliphatic rings. The molecule has 5 nitrogen and oxygen atoms in total. The number of amides is 1. The fourth-order valence-corrected chi connectivity index (χ4v) is 3.35. The fourth-order valence-electron chi connectivity index (χ4n) is 2.49. The summed E-state index contributed by atoms with van der Waals surface area (Å²) in [6, 6.07) is 13.1. The number of hydrogen-bond donors (Lipinski definition) is 1. The number of carbonyl (C=O) groups excluding carboxylic acids is 1. The van der Waals surface area contributed by atoms with Crippen molar-refractivity contribution in [3.8, 4) is 17.0 Å². The summed E-state index contributed by atoms with van der Waals surface area (Å²) in [4.78, 5) is 18.5. The topological polar surface area (TPSA) is 62.7 Å². The summed E-state index contributed by atoms with van der Waals surface area (Å²) in [5.41, 5.74) is 2.05. The van der Waals surface area contributed by atoms with Gasteiger partial charge in [-0.3, -0.25) is 9.69 Å². The standard InChI is InChI=1S/C21H19FN2O3S/c1-2-20(26)24(17-8-10-18(11-9-17)27-13-3-12-25)21-23-19(14-28-21)15-4-6-16(22)7-5-15/h2,4-11,14,25H,1,3,12-13H2. The highest BCUT2D eigenvalue weighted by Crippen LogP contribution is 2.33. The summed E-state index contributed by atoms with van der Waals surface area (Å²) in [5, 5.41) is 11.1. The summed E-state index contributed by atoms with van der Waals surface area (Å²) in [7, 11) is 0. The summed E-state index contributed by atoms with van der Waals surface area (Å²) >= 11 is 1.31. The minimum atomic E-state index is -0.316. The summed E-state index contributed by atoms with van der Waals surface area (Å²) in [6.45, 7) is 4.06. The van der Waals surface area contributed by atoms with Crippen LogP contribution < -0.4 is 9.64 Å². The van der Waals surface area contributed by atoms with Crippen LogP contribution in [-0.4, -0.2) is 29.2 Å². The van der Waals surface area contributed by atoms with Gasteiger partial charge in [0.2, 0.25) is 0 Å². The largest absolute Gasteiger partial charge is 0.494 e. The molecule has 144 valence electrons. The highest BCUT2D eigenvalue weighted by atomic mass is 32.1. The van der Waals surface area contributed by atoms with E-state index in [1.165, 1.54) is 34.4 Å². The number of aliphatic hydroxyl groups excluding tert-OH is 1. The van der Waals surface area contributed by atoms with Crippen LogP contribution in [0.25, 0.3) is 11.3 Å². The van der Waals surface area contributed by atoms with E-state index >= 15 is 0 Å². The molecule has 28 heavy (non-hydrogen) atoms. The normalized spacial score (nSPS) is 10.5. The number of hydrogen-bond acceptors (Lipinski definition) is 5. The van der Waals surface area contributed by atoms with Crippen molar-refractivity contribution >= 4 is 28.1 Å². The molecule has 2 aromatic carbocycles. The van der Waals surface area contributed by atoms with Crippen LogP contribution in [0.4, 0.5) is 15.2 Å². The minimum absolute atomic E-state index is 0.0696. The van der Waals surface area contributed by atoms with E-state index in [0.29, 0.717) is 35.3 Å². The van der Waals surface area contributed by atoms with Crippen LogP contribution in [0.15, 0.2) is 66.6 Å². The van der Waals surface area contributed by atoms with Gasteiger partial charge < -0.3 is 9.84 Å². The van der Waals surface area contributed by atoms with Gasteiger partial charge in [0.1, 0.15) is 11.6 Å². The van der Waals surface area contributed by atoms with E-state index in [0.717, 1.165) is 5.56 Å². The smallest absolute Gasteiger partial charge is 0.256 e. The average Bonchev–Trinajstić information content (AvgIpc) is 3.19. The maximum atomic E-state index is 13.1. The van der Waals surface area contributed by atoms with Gasteiger partial charge in [0, 0.05) is 24.0 Å². The van der Waals surface area contributed by atoms with E-state index in [4.69, 9.17) is 9.84 Å². The van der Waals surface area contributed by atoms with Gasteiger partial charge in [0.05, 0.1) is 18.0 Å². The Balaban J connectivity index is 1.86. The molecule has 0 spiro atoms. The zero-order valence-corrected chi connectivity index (χ0v) is 15.9. The molecule has 0 saturated heterocycles. The third-order valence-corrected chi connectivity index (χ3v) is 4.71. The molecular formula is C21H19FN2O3S. The second-order valence-corrected chi connectivity index (χ2v) is 6.66. The first-order valence-electron chi connectivity index (χ1n) is 8.64. The Kier molecular flexibility index (Phi) is 6.52. The van der Waals surface area contributed by atoms with Crippen LogP contribution in [0.1, 0.15) is 6.42 Å². The number of benzene rings is 2. The fraction of sp³-hybridized carbons (Fsp3) is 0.143. The molecule has 1 aromatic heterocycles. The van der Waals surface area contributed by atoms with Crippen molar-refractivity contribution in [2.45, 2.75) is 6.42 Å². The second-order valence-electron chi connectivity index (χ2n) is 5.82. The van der Waals surface area contributed by atoms with Gasteiger partial charge in [-0.15, -0.1) is 11.3 Å². The molecule has 3 aromatic rings. The van der Waals surface area contributed by atoms with E-state index in [-0.39, 0.29) is 18.3 Å². The lowest BCUT2D eigenvalue weighted by atomic mass is 10.2. The lowest BCUT2D eigenvalue weighted by Gasteiger charge is -2.18.